The van der Waals surface area contributed by atoms with Crippen molar-refractivity contribution in [1.82, 2.24) is 0 Å². The van der Waals surface area contributed by atoms with Crippen molar-refractivity contribution in [3.8, 4) is 0 Å². The maximum absolute atomic E-state index is 10.2. The van der Waals surface area contributed by atoms with Gasteiger partial charge in [-0.15, -0.1) is 0 Å². The molecule has 0 amide bonds. The van der Waals surface area contributed by atoms with E-state index in [0.29, 0.717) is 0 Å². The first-order chi connectivity index (χ1) is 8.33. The fraction of sp³-hybridized carbons (Fsp3) is 0.600. The normalized spacial score (nSPS) is 8.56. The minimum atomic E-state index is -1.13. The molecule has 104 valence electrons. The summed E-state index contributed by atoms with van der Waals surface area (Å²) in [7, 11) is 0. The molecule has 0 rings (SSSR count). The lowest BCUT2D eigenvalue weighted by atomic mass is 10.5. The van der Waals surface area contributed by atoms with Gasteiger partial charge in [0.1, 0.15) is 0 Å². The van der Waals surface area contributed by atoms with Crippen LogP contribution < -0.4 is 0 Å². The van der Waals surface area contributed by atoms with Crippen LogP contribution in [0.25, 0.3) is 0 Å². The molecule has 2 N–H and O–H groups in total. The van der Waals surface area contributed by atoms with E-state index in [0.717, 1.165) is 0 Å². The van der Waals surface area contributed by atoms with Gasteiger partial charge in [-0.25, -0.2) is 9.59 Å². The van der Waals surface area contributed by atoms with Gasteiger partial charge in [0.25, 0.3) is 0 Å². The lowest BCUT2D eigenvalue weighted by Crippen LogP contribution is -2.11. The molecule has 0 heterocycles. The minimum absolute atomic E-state index is 0.216. The van der Waals surface area contributed by atoms with Crippen molar-refractivity contribution in [3.63, 3.8) is 0 Å². The second-order valence-corrected chi connectivity index (χ2v) is 2.82. The van der Waals surface area contributed by atoms with E-state index >= 15 is 0 Å². The van der Waals surface area contributed by atoms with Gasteiger partial charge in [0.15, 0.2) is 13.2 Å². The number of carboxylic acid groups (broad SMARTS) is 2. The first-order valence-corrected chi connectivity index (χ1v) is 5.08. The minimum Gasteiger partial charge on any atom is -0.479 e. The predicted octanol–water partition coefficient (Wildman–Crippen LogP) is 0.0484. The fourth-order valence-electron chi connectivity index (χ4n) is 0.489. The Labute approximate surface area is 103 Å². The Balaban J connectivity index is 0. The highest BCUT2D eigenvalue weighted by Crippen LogP contribution is 1.83. The summed E-state index contributed by atoms with van der Waals surface area (Å²) < 4.78 is 8.43. The number of ether oxygens (including phenoxy) is 2. The van der Waals surface area contributed by atoms with Crippen molar-refractivity contribution >= 4 is 23.9 Å². The van der Waals surface area contributed by atoms with Crippen LogP contribution in [0, 0.1) is 0 Å². The Bertz CT molecular complexity index is 266. The lowest BCUT2D eigenvalue weighted by Gasteiger charge is -1.95. The Hall–Kier alpha value is -2.12. The molecule has 0 saturated carbocycles. The van der Waals surface area contributed by atoms with Crippen molar-refractivity contribution in [2.24, 2.45) is 0 Å². The number of aliphatic carboxylic acids is 2. The van der Waals surface area contributed by atoms with E-state index in [1.54, 1.807) is 13.8 Å². The number of carboxylic acids is 2. The summed E-state index contributed by atoms with van der Waals surface area (Å²) in [4.78, 5) is 39.9. The predicted molar refractivity (Wildman–Crippen MR) is 57.8 cm³/mol. The fourth-order valence-corrected chi connectivity index (χ4v) is 0.489. The number of hydrogen-bond donors (Lipinski definition) is 2. The Morgan fingerprint density at radius 2 is 1.06 bits per heavy atom. The van der Waals surface area contributed by atoms with Crippen LogP contribution in [0.4, 0.5) is 0 Å². The smallest absolute Gasteiger partial charge is 0.341 e. The van der Waals surface area contributed by atoms with E-state index < -0.39 is 37.1 Å². The summed E-state index contributed by atoms with van der Waals surface area (Å²) in [5.41, 5.74) is 0. The second kappa shape index (κ2) is 11.4. The Morgan fingerprint density at radius 3 is 1.22 bits per heavy atom. The van der Waals surface area contributed by atoms with E-state index in [1.165, 1.54) is 0 Å². The van der Waals surface area contributed by atoms with Gasteiger partial charge in [-0.2, -0.15) is 0 Å². The first-order valence-electron chi connectivity index (χ1n) is 5.08. The van der Waals surface area contributed by atoms with Gasteiger partial charge in [-0.05, 0) is 0 Å². The maximum Gasteiger partial charge on any atom is 0.341 e. The zero-order valence-corrected chi connectivity index (χ0v) is 10.2. The van der Waals surface area contributed by atoms with Crippen LogP contribution in [0.1, 0.15) is 26.7 Å². The number of esters is 2. The molecule has 0 aliphatic heterocycles. The van der Waals surface area contributed by atoms with E-state index in [9.17, 15) is 19.2 Å². The summed E-state index contributed by atoms with van der Waals surface area (Å²) in [6.07, 6.45) is 0.431. The van der Waals surface area contributed by atoms with Crippen LogP contribution in [0.5, 0.6) is 0 Å². The van der Waals surface area contributed by atoms with Gasteiger partial charge < -0.3 is 19.7 Å². The van der Waals surface area contributed by atoms with E-state index in [2.05, 4.69) is 9.47 Å². The van der Waals surface area contributed by atoms with Gasteiger partial charge in [0.05, 0.1) is 0 Å². The average molecular weight is 264 g/mol. The van der Waals surface area contributed by atoms with Gasteiger partial charge >= 0.3 is 23.9 Å². The van der Waals surface area contributed by atoms with E-state index in [1.807, 2.05) is 0 Å². The molecule has 0 aliphatic rings. The highest BCUT2D eigenvalue weighted by Gasteiger charge is 2.01. The molecule has 8 heteroatoms. The molecule has 0 unspecified atom stereocenters. The van der Waals surface area contributed by atoms with Crippen molar-refractivity contribution in [3.05, 3.63) is 0 Å². The number of rotatable bonds is 6. The quantitative estimate of drug-likeness (QED) is 0.644. The standard InChI is InChI=1S/2C5H8O4/c2*1-2-5(8)9-3-4(6)7/h2*2-3H2,1H3,(H,6,7). The topological polar surface area (TPSA) is 127 Å². The molecular formula is C10H16O8. The van der Waals surface area contributed by atoms with E-state index in [-0.39, 0.29) is 12.8 Å². The van der Waals surface area contributed by atoms with Gasteiger partial charge in [-0.1, -0.05) is 13.8 Å². The van der Waals surface area contributed by atoms with Gasteiger partial charge in [0.2, 0.25) is 0 Å². The molecule has 0 radical (unpaired) electrons. The van der Waals surface area contributed by atoms with E-state index in [4.69, 9.17) is 10.2 Å². The maximum atomic E-state index is 10.2. The van der Waals surface area contributed by atoms with Crippen LogP contribution in [0.3, 0.4) is 0 Å². The largest absolute Gasteiger partial charge is 0.479 e. The monoisotopic (exact) mass is 264 g/mol. The molecule has 8 nitrogen and oxygen atoms in total. The molecule has 0 aliphatic carbocycles. The zero-order valence-electron chi connectivity index (χ0n) is 10.2. The third-order valence-corrected chi connectivity index (χ3v) is 1.29. The van der Waals surface area contributed by atoms with Crippen molar-refractivity contribution < 1.29 is 38.9 Å². The first kappa shape index (κ1) is 18.3. The second-order valence-electron chi connectivity index (χ2n) is 2.82. The van der Waals surface area contributed by atoms with Gasteiger partial charge in [0, 0.05) is 12.8 Å². The molecule has 0 aromatic heterocycles. The summed E-state index contributed by atoms with van der Waals surface area (Å²) in [6.45, 7) is 2.13. The van der Waals surface area contributed by atoms with Crippen LogP contribution in [-0.4, -0.2) is 47.3 Å². The molecule has 0 aromatic carbocycles. The Morgan fingerprint density at radius 1 is 0.778 bits per heavy atom. The summed E-state index contributed by atoms with van der Waals surface area (Å²) in [5, 5.41) is 16.0. The van der Waals surface area contributed by atoms with Crippen LogP contribution in [0.15, 0.2) is 0 Å². The highest BCUT2D eigenvalue weighted by molar-refractivity contribution is 5.75. The summed E-state index contributed by atoms with van der Waals surface area (Å²) in [5.74, 6) is -3.23. The molecule has 18 heavy (non-hydrogen) atoms. The van der Waals surface area contributed by atoms with Crippen LogP contribution in [0.2, 0.25) is 0 Å². The number of carbonyl (C=O) groups excluding carboxylic acids is 2. The third kappa shape index (κ3) is 16.3. The summed E-state index contributed by atoms with van der Waals surface area (Å²) >= 11 is 0. The zero-order chi connectivity index (χ0) is 14.6. The van der Waals surface area contributed by atoms with Crippen LogP contribution in [-0.2, 0) is 28.7 Å². The van der Waals surface area contributed by atoms with Crippen molar-refractivity contribution in [1.29, 1.82) is 0 Å². The highest BCUT2D eigenvalue weighted by atomic mass is 16.6. The lowest BCUT2D eigenvalue weighted by molar-refractivity contribution is -0.154. The molecule has 0 fully saturated rings. The molecule has 0 atom stereocenters. The number of carbonyl (C=O) groups is 4. The van der Waals surface area contributed by atoms with Crippen molar-refractivity contribution in [2.45, 2.75) is 26.7 Å². The Kier molecular flexibility index (Phi) is 11.5. The summed E-state index contributed by atoms with van der Waals surface area (Å²) in [6, 6.07) is 0. The van der Waals surface area contributed by atoms with Crippen molar-refractivity contribution in [2.75, 3.05) is 13.2 Å². The number of hydrogen-bond acceptors (Lipinski definition) is 6. The SMILES string of the molecule is CCC(=O)OCC(=O)O.CCC(=O)OCC(=O)O. The third-order valence-electron chi connectivity index (χ3n) is 1.29. The molecular weight excluding hydrogens is 248 g/mol. The van der Waals surface area contributed by atoms with Gasteiger partial charge in [-0.3, -0.25) is 9.59 Å². The average Bonchev–Trinajstić information content (AvgIpc) is 2.33. The molecule has 0 spiro atoms. The van der Waals surface area contributed by atoms with Crippen LogP contribution >= 0.6 is 0 Å². The molecule has 0 aromatic rings. The molecule has 0 saturated heterocycles. The molecule has 0 bridgehead atoms.